The number of alkyl halides is 5. The monoisotopic (exact) mass is 568 g/mol. The molecule has 18 heteroatoms. The van der Waals surface area contributed by atoms with Crippen LogP contribution in [0.15, 0.2) is 39.7 Å². The Morgan fingerprint density at radius 2 is 1.95 bits per heavy atom. The van der Waals surface area contributed by atoms with Crippen LogP contribution in [-0.2, 0) is 12.7 Å². The number of hydrogen-bond acceptors (Lipinski definition) is 10. The lowest BCUT2D eigenvalue weighted by Gasteiger charge is -2.09. The van der Waals surface area contributed by atoms with Crippen molar-refractivity contribution in [2.24, 2.45) is 0 Å². The zero-order chi connectivity index (χ0) is 27.7. The van der Waals surface area contributed by atoms with Crippen molar-refractivity contribution in [3.05, 3.63) is 63.0 Å². The lowest BCUT2D eigenvalue weighted by Crippen LogP contribution is -2.26. The maximum Gasteiger partial charge on any atom is 0.586 e. The Balaban J connectivity index is 1.51. The molecular weight excluding hydrogens is 559 g/mol. The molecule has 0 bridgehead atoms. The minimum atomic E-state index is -4.81. The maximum absolute atomic E-state index is 13.7. The second-order valence-electron chi connectivity index (χ2n) is 8.10. The first kappa shape index (κ1) is 24.7. The number of aryl methyl sites for hydroxylation is 1. The summed E-state index contributed by atoms with van der Waals surface area (Å²) in [6.07, 6.45) is -7.39. The summed E-state index contributed by atoms with van der Waals surface area (Å²) in [4.78, 5) is 22.2. The van der Waals surface area contributed by atoms with Crippen molar-refractivity contribution in [3.63, 3.8) is 0 Å². The number of ether oxygens (including phenoxy) is 2. The van der Waals surface area contributed by atoms with Gasteiger partial charge in [0.25, 0.3) is 5.82 Å². The molecule has 12 nitrogen and oxygen atoms in total. The van der Waals surface area contributed by atoms with Gasteiger partial charge in [-0.05, 0) is 42.0 Å². The SMILES string of the molecule is Cc1cc2c(c3c(=O)oc(-c4cc(Cn5nnc(C(F)(F)F)n5)nn4-c4ncccc4Cl)nc13)OC(F)(F)O2. The van der Waals surface area contributed by atoms with E-state index in [0.29, 0.717) is 4.80 Å². The summed E-state index contributed by atoms with van der Waals surface area (Å²) in [5.74, 6) is -2.61. The van der Waals surface area contributed by atoms with E-state index < -0.39 is 29.7 Å². The molecule has 0 atom stereocenters. The van der Waals surface area contributed by atoms with Crippen molar-refractivity contribution < 1.29 is 35.8 Å². The zero-order valence-corrected chi connectivity index (χ0v) is 19.8. The van der Waals surface area contributed by atoms with Crippen molar-refractivity contribution in [1.29, 1.82) is 0 Å². The number of halogens is 6. The average molecular weight is 569 g/mol. The fraction of sp³-hybridized carbons (Fsp3) is 0.190. The van der Waals surface area contributed by atoms with Crippen LogP contribution in [0.5, 0.6) is 11.5 Å². The number of rotatable bonds is 4. The fourth-order valence-electron chi connectivity index (χ4n) is 3.83. The van der Waals surface area contributed by atoms with E-state index in [1.165, 1.54) is 31.3 Å². The van der Waals surface area contributed by atoms with Gasteiger partial charge in [-0.25, -0.2) is 19.4 Å². The largest absolute Gasteiger partial charge is 0.586 e. The molecule has 39 heavy (non-hydrogen) atoms. The van der Waals surface area contributed by atoms with Gasteiger partial charge in [-0.15, -0.1) is 19.0 Å². The number of pyridine rings is 1. The summed E-state index contributed by atoms with van der Waals surface area (Å²) >= 11 is 6.28. The number of benzene rings is 1. The molecule has 1 aliphatic rings. The summed E-state index contributed by atoms with van der Waals surface area (Å²) < 4.78 is 81.5. The summed E-state index contributed by atoms with van der Waals surface area (Å²) in [7, 11) is 0. The predicted octanol–water partition coefficient (Wildman–Crippen LogP) is 3.77. The van der Waals surface area contributed by atoms with Crippen LogP contribution >= 0.6 is 11.6 Å². The van der Waals surface area contributed by atoms with E-state index in [4.69, 9.17) is 16.0 Å². The minimum absolute atomic E-state index is 0.00292. The molecule has 0 radical (unpaired) electrons. The lowest BCUT2D eigenvalue weighted by molar-refractivity contribution is -0.286. The smallest absolute Gasteiger partial charge is 0.401 e. The summed E-state index contributed by atoms with van der Waals surface area (Å²) in [6, 6.07) is 5.60. The molecule has 0 spiro atoms. The zero-order valence-electron chi connectivity index (χ0n) is 19.1. The molecule has 6 rings (SSSR count). The van der Waals surface area contributed by atoms with Gasteiger partial charge in [0, 0.05) is 6.20 Å². The molecule has 0 unspecified atom stereocenters. The van der Waals surface area contributed by atoms with Crippen LogP contribution in [0.4, 0.5) is 22.0 Å². The van der Waals surface area contributed by atoms with Crippen molar-refractivity contribution in [2.75, 3.05) is 0 Å². The molecule has 0 saturated carbocycles. The molecule has 0 N–H and O–H groups in total. The predicted molar refractivity (Wildman–Crippen MR) is 119 cm³/mol. The number of nitrogens with zero attached hydrogens (tertiary/aromatic N) is 8. The minimum Gasteiger partial charge on any atom is -0.401 e. The van der Waals surface area contributed by atoms with Crippen LogP contribution in [-0.4, -0.2) is 46.3 Å². The fourth-order valence-corrected chi connectivity index (χ4v) is 4.03. The topological polar surface area (TPSA) is 136 Å². The Labute approximate surface area is 216 Å². The van der Waals surface area contributed by atoms with Crippen LogP contribution in [0.2, 0.25) is 5.02 Å². The van der Waals surface area contributed by atoms with E-state index in [1.807, 2.05) is 0 Å². The summed E-state index contributed by atoms with van der Waals surface area (Å²) in [5.41, 5.74) is -0.735. The third kappa shape index (κ3) is 4.29. The van der Waals surface area contributed by atoms with Gasteiger partial charge in [0.2, 0.25) is 5.89 Å². The van der Waals surface area contributed by atoms with Crippen molar-refractivity contribution in [3.8, 4) is 28.9 Å². The lowest BCUT2D eigenvalue weighted by atomic mass is 10.1. The number of aromatic nitrogens is 8. The molecule has 4 aromatic heterocycles. The highest BCUT2D eigenvalue weighted by Crippen LogP contribution is 2.45. The van der Waals surface area contributed by atoms with E-state index in [1.54, 1.807) is 6.07 Å². The Hall–Kier alpha value is -4.67. The molecule has 0 aliphatic carbocycles. The van der Waals surface area contributed by atoms with Gasteiger partial charge in [-0.3, -0.25) is 0 Å². The molecule has 200 valence electrons. The Morgan fingerprint density at radius 3 is 2.67 bits per heavy atom. The highest BCUT2D eigenvalue weighted by Gasteiger charge is 2.45. The molecule has 0 fully saturated rings. The third-order valence-corrected chi connectivity index (χ3v) is 5.69. The van der Waals surface area contributed by atoms with Crippen molar-refractivity contribution in [2.45, 2.75) is 25.9 Å². The van der Waals surface area contributed by atoms with Crippen molar-refractivity contribution >= 4 is 22.5 Å². The van der Waals surface area contributed by atoms with Crippen LogP contribution in [0.1, 0.15) is 17.1 Å². The van der Waals surface area contributed by atoms with Crippen LogP contribution in [0.3, 0.4) is 0 Å². The highest BCUT2D eigenvalue weighted by atomic mass is 35.5. The normalized spacial score (nSPS) is 14.3. The van der Waals surface area contributed by atoms with Crippen LogP contribution < -0.4 is 15.1 Å². The van der Waals surface area contributed by atoms with Gasteiger partial charge in [0.1, 0.15) is 17.6 Å². The third-order valence-electron chi connectivity index (χ3n) is 5.39. The summed E-state index contributed by atoms with van der Waals surface area (Å²) in [5, 5.41) is 13.7. The first-order valence-electron chi connectivity index (χ1n) is 10.7. The first-order chi connectivity index (χ1) is 18.4. The van der Waals surface area contributed by atoms with E-state index in [-0.39, 0.29) is 56.9 Å². The standard InChI is InChI=1S/C21H10ClF5N8O4/c1-8-5-12-15(39-21(26,27)38-12)13-14(8)29-17(37-18(13)36)11-6-9(7-34-32-19(30-33-34)20(23,24)25)31-35(11)16-10(22)3-2-4-28-16/h2-6H,7H2,1H3. The molecule has 5 aromatic rings. The maximum atomic E-state index is 13.7. The number of tetrazole rings is 1. The van der Waals surface area contributed by atoms with Crippen molar-refractivity contribution in [1.82, 2.24) is 40.0 Å². The first-order valence-corrected chi connectivity index (χ1v) is 11.1. The van der Waals surface area contributed by atoms with Gasteiger partial charge in [-0.1, -0.05) is 11.6 Å². The van der Waals surface area contributed by atoms with Gasteiger partial charge in [0.15, 0.2) is 17.3 Å². The molecule has 1 aliphatic heterocycles. The van der Waals surface area contributed by atoms with Crippen LogP contribution in [0, 0.1) is 6.92 Å². The molecular formula is C21H10ClF5N8O4. The van der Waals surface area contributed by atoms with Gasteiger partial charge in [-0.2, -0.15) is 23.1 Å². The second kappa shape index (κ2) is 8.42. The van der Waals surface area contributed by atoms with Gasteiger partial charge >= 0.3 is 18.1 Å². The van der Waals surface area contributed by atoms with E-state index in [2.05, 4.69) is 40.0 Å². The summed E-state index contributed by atoms with van der Waals surface area (Å²) in [6.45, 7) is 1.13. The second-order valence-corrected chi connectivity index (χ2v) is 8.51. The Kier molecular flexibility index (Phi) is 5.32. The van der Waals surface area contributed by atoms with Gasteiger partial charge in [0.05, 0.1) is 16.2 Å². The quantitative estimate of drug-likeness (QED) is 0.295. The molecule has 5 heterocycles. The number of fused-ring (bicyclic) bond motifs is 3. The van der Waals surface area contributed by atoms with E-state index in [0.717, 1.165) is 4.68 Å². The molecule has 0 amide bonds. The van der Waals surface area contributed by atoms with E-state index in [9.17, 15) is 26.7 Å². The Morgan fingerprint density at radius 1 is 1.15 bits per heavy atom. The Bertz CT molecular complexity index is 1830. The average Bonchev–Trinajstić information content (AvgIpc) is 3.56. The van der Waals surface area contributed by atoms with E-state index >= 15 is 0 Å². The molecule has 1 aromatic carbocycles. The molecule has 0 saturated heterocycles. The van der Waals surface area contributed by atoms with Crippen LogP contribution in [0.25, 0.3) is 28.3 Å². The van der Waals surface area contributed by atoms with Gasteiger partial charge < -0.3 is 13.9 Å². The number of hydrogen-bond donors (Lipinski definition) is 0. The highest BCUT2D eigenvalue weighted by molar-refractivity contribution is 6.32.